The molecular formula is C38H44N6. The monoisotopic (exact) mass is 584 g/mol. The molecule has 0 fully saturated rings. The number of hydrogen-bond acceptors (Lipinski definition) is 6. The van der Waals surface area contributed by atoms with Crippen molar-refractivity contribution in [3.63, 3.8) is 0 Å². The van der Waals surface area contributed by atoms with Gasteiger partial charge in [-0.25, -0.2) is 0 Å². The second kappa shape index (κ2) is 15.3. The summed E-state index contributed by atoms with van der Waals surface area (Å²) < 4.78 is 0. The Balaban J connectivity index is 1.18. The number of nitrogens with one attached hydrogen (secondary N) is 4. The fourth-order valence-electron chi connectivity index (χ4n) is 5.95. The maximum atomic E-state index is 3.54. The Hall–Kier alpha value is -4.52. The van der Waals surface area contributed by atoms with Crippen molar-refractivity contribution in [1.29, 1.82) is 0 Å². The molecule has 0 aliphatic carbocycles. The summed E-state index contributed by atoms with van der Waals surface area (Å²) in [6.07, 6.45) is 26.0. The van der Waals surface area contributed by atoms with Crippen LogP contribution in [0.4, 0.5) is 0 Å². The quantitative estimate of drug-likeness (QED) is 0.262. The van der Waals surface area contributed by atoms with E-state index in [1.165, 1.54) is 45.0 Å². The Bertz CT molecular complexity index is 1350. The van der Waals surface area contributed by atoms with Gasteiger partial charge in [-0.1, -0.05) is 85.0 Å². The smallest absolute Gasteiger partial charge is 0.0389 e. The van der Waals surface area contributed by atoms with Gasteiger partial charge in [0.15, 0.2) is 0 Å². The van der Waals surface area contributed by atoms with Gasteiger partial charge in [0.25, 0.3) is 0 Å². The van der Waals surface area contributed by atoms with Crippen LogP contribution in [0.25, 0.3) is 11.1 Å². The number of benzene rings is 2. The molecule has 0 unspecified atom stereocenters. The summed E-state index contributed by atoms with van der Waals surface area (Å²) in [7, 11) is 0. The molecule has 0 bridgehead atoms. The number of dihydropyridines is 4. The van der Waals surface area contributed by atoms with Crippen molar-refractivity contribution in [2.24, 2.45) is 0 Å². The van der Waals surface area contributed by atoms with Crippen molar-refractivity contribution in [3.8, 4) is 11.1 Å². The van der Waals surface area contributed by atoms with E-state index in [2.05, 4.69) is 153 Å². The first kappa shape index (κ1) is 29.5. The second-order valence-electron chi connectivity index (χ2n) is 11.7. The van der Waals surface area contributed by atoms with Crippen LogP contribution in [0.3, 0.4) is 0 Å². The fraction of sp³-hybridized carbons (Fsp3) is 0.263. The minimum atomic E-state index is 0.875. The summed E-state index contributed by atoms with van der Waals surface area (Å²) in [5.41, 5.74) is 10.2. The topological polar surface area (TPSA) is 54.6 Å². The van der Waals surface area contributed by atoms with E-state index in [4.69, 9.17) is 0 Å². The van der Waals surface area contributed by atoms with E-state index < -0.39 is 0 Å². The molecule has 0 spiro atoms. The van der Waals surface area contributed by atoms with Gasteiger partial charge >= 0.3 is 0 Å². The summed E-state index contributed by atoms with van der Waals surface area (Å²) in [5, 5.41) is 14.1. The molecule has 226 valence electrons. The zero-order valence-corrected chi connectivity index (χ0v) is 25.5. The van der Waals surface area contributed by atoms with Crippen LogP contribution in [-0.2, 0) is 13.1 Å². The van der Waals surface area contributed by atoms with E-state index in [1.807, 2.05) is 0 Å². The average molecular weight is 585 g/mol. The largest absolute Gasteiger partial charge is 0.384 e. The fourth-order valence-corrected chi connectivity index (χ4v) is 5.95. The zero-order chi connectivity index (χ0) is 29.8. The van der Waals surface area contributed by atoms with Crippen molar-refractivity contribution in [2.45, 2.75) is 13.1 Å². The first-order valence-electron chi connectivity index (χ1n) is 15.8. The van der Waals surface area contributed by atoms with Crippen molar-refractivity contribution < 1.29 is 0 Å². The molecule has 4 aliphatic heterocycles. The van der Waals surface area contributed by atoms with Crippen LogP contribution >= 0.6 is 0 Å². The molecule has 2 aromatic rings. The summed E-state index contributed by atoms with van der Waals surface area (Å²) >= 11 is 0. The first-order valence-corrected chi connectivity index (χ1v) is 15.8. The lowest BCUT2D eigenvalue weighted by molar-refractivity contribution is 0.301. The van der Waals surface area contributed by atoms with Gasteiger partial charge in [-0.3, -0.25) is 9.80 Å². The maximum absolute atomic E-state index is 3.54. The molecule has 44 heavy (non-hydrogen) atoms. The highest BCUT2D eigenvalue weighted by atomic mass is 15.2. The third-order valence-electron chi connectivity index (χ3n) is 8.10. The normalized spacial score (nSPS) is 17.2. The van der Waals surface area contributed by atoms with E-state index in [1.54, 1.807) is 0 Å². The standard InChI is InChI=1S/C38H44N6/c1-5-19-39-35(15-1)27-43(28-36-16-2-6-20-40-36)25-31-11-9-13-33(23-31)34-14-10-12-32(24-34)26-44(29-37-17-3-7-21-41-37)30-38-18-4-8-22-42-38/h1-18,23-24,39-42H,19-22,25-30H2. The minimum Gasteiger partial charge on any atom is -0.384 e. The van der Waals surface area contributed by atoms with Crippen molar-refractivity contribution in [3.05, 3.63) is 155 Å². The molecule has 0 saturated carbocycles. The second-order valence-corrected chi connectivity index (χ2v) is 11.7. The lowest BCUT2D eigenvalue weighted by atomic mass is 10.0. The van der Waals surface area contributed by atoms with Gasteiger partial charge in [0, 0.05) is 88.2 Å². The van der Waals surface area contributed by atoms with Crippen LogP contribution < -0.4 is 21.3 Å². The lowest BCUT2D eigenvalue weighted by Crippen LogP contribution is -2.35. The molecule has 0 aromatic heterocycles. The molecule has 4 N–H and O–H groups in total. The highest BCUT2D eigenvalue weighted by molar-refractivity contribution is 5.65. The molecule has 0 saturated heterocycles. The molecule has 6 heteroatoms. The van der Waals surface area contributed by atoms with Crippen LogP contribution in [0.5, 0.6) is 0 Å². The van der Waals surface area contributed by atoms with Crippen LogP contribution in [0.2, 0.25) is 0 Å². The Labute approximate surface area is 262 Å². The van der Waals surface area contributed by atoms with Crippen LogP contribution in [-0.4, -0.2) is 62.2 Å². The van der Waals surface area contributed by atoms with E-state index in [0.717, 1.165) is 65.4 Å². The Morgan fingerprint density at radius 2 is 0.773 bits per heavy atom. The first-order chi connectivity index (χ1) is 21.8. The number of nitrogens with zero attached hydrogens (tertiary/aromatic N) is 2. The third-order valence-corrected chi connectivity index (χ3v) is 8.10. The average Bonchev–Trinajstić information content (AvgIpc) is 3.07. The van der Waals surface area contributed by atoms with Gasteiger partial charge in [-0.15, -0.1) is 0 Å². The van der Waals surface area contributed by atoms with Crippen LogP contribution in [0, 0.1) is 0 Å². The minimum absolute atomic E-state index is 0.875. The van der Waals surface area contributed by atoms with Crippen molar-refractivity contribution >= 4 is 0 Å². The Morgan fingerprint density at radius 1 is 0.432 bits per heavy atom. The van der Waals surface area contributed by atoms with Gasteiger partial charge in [0.1, 0.15) is 0 Å². The van der Waals surface area contributed by atoms with Crippen LogP contribution in [0.1, 0.15) is 11.1 Å². The van der Waals surface area contributed by atoms with Crippen molar-refractivity contribution in [1.82, 2.24) is 31.1 Å². The van der Waals surface area contributed by atoms with E-state index in [-0.39, 0.29) is 0 Å². The lowest BCUT2D eigenvalue weighted by Gasteiger charge is -2.27. The highest BCUT2D eigenvalue weighted by Gasteiger charge is 2.15. The Morgan fingerprint density at radius 3 is 1.07 bits per heavy atom. The summed E-state index contributed by atoms with van der Waals surface area (Å²) in [4.78, 5) is 5.02. The Kier molecular flexibility index (Phi) is 10.3. The van der Waals surface area contributed by atoms with Gasteiger partial charge < -0.3 is 21.3 Å². The van der Waals surface area contributed by atoms with Gasteiger partial charge in [-0.05, 0) is 58.7 Å². The molecule has 6 rings (SSSR count). The predicted molar refractivity (Wildman–Crippen MR) is 183 cm³/mol. The summed E-state index contributed by atoms with van der Waals surface area (Å²) in [6, 6.07) is 18.1. The van der Waals surface area contributed by atoms with E-state index in [9.17, 15) is 0 Å². The number of rotatable bonds is 13. The third kappa shape index (κ3) is 8.75. The molecular weight excluding hydrogens is 540 g/mol. The molecule has 0 radical (unpaired) electrons. The summed E-state index contributed by atoms with van der Waals surface area (Å²) in [5.74, 6) is 0. The van der Waals surface area contributed by atoms with Crippen LogP contribution in [0.15, 0.2) is 144 Å². The summed E-state index contributed by atoms with van der Waals surface area (Å²) in [6.45, 7) is 8.84. The van der Waals surface area contributed by atoms with Gasteiger partial charge in [-0.2, -0.15) is 0 Å². The molecule has 0 atom stereocenters. The van der Waals surface area contributed by atoms with E-state index >= 15 is 0 Å². The van der Waals surface area contributed by atoms with Crippen molar-refractivity contribution in [2.75, 3.05) is 52.4 Å². The molecule has 6 nitrogen and oxygen atoms in total. The molecule has 0 amide bonds. The zero-order valence-electron chi connectivity index (χ0n) is 25.5. The number of hydrogen-bond donors (Lipinski definition) is 4. The highest BCUT2D eigenvalue weighted by Crippen LogP contribution is 2.24. The molecule has 4 heterocycles. The molecule has 2 aromatic carbocycles. The van der Waals surface area contributed by atoms with Gasteiger partial charge in [0.2, 0.25) is 0 Å². The van der Waals surface area contributed by atoms with Gasteiger partial charge in [0.05, 0.1) is 0 Å². The van der Waals surface area contributed by atoms with E-state index in [0.29, 0.717) is 0 Å². The SMILES string of the molecule is C1=CCNC(CN(CC2=CC=CCN2)Cc2cccc(-c3cccc(CN(CC4=CC=CCN4)CC4=CC=CCN4)c3)c2)=C1. The maximum Gasteiger partial charge on any atom is 0.0389 e. The molecule has 4 aliphatic rings. The number of allylic oxidation sites excluding steroid dienone is 8. The predicted octanol–water partition coefficient (Wildman–Crippen LogP) is 5.13.